The van der Waals surface area contributed by atoms with Crippen LogP contribution in [0, 0.1) is 0 Å². The number of unbranched alkanes of at least 4 members (excludes halogenated alkanes) is 10. The van der Waals surface area contributed by atoms with Gasteiger partial charge in [-0.25, -0.2) is 0 Å². The average Bonchev–Trinajstić information content (AvgIpc) is 2.43. The van der Waals surface area contributed by atoms with Gasteiger partial charge in [-0.3, -0.25) is 4.79 Å². The first-order valence-corrected chi connectivity index (χ1v) is 9.14. The minimum absolute atomic E-state index is 0.171. The summed E-state index contributed by atoms with van der Waals surface area (Å²) in [7, 11) is 0. The van der Waals surface area contributed by atoms with Gasteiger partial charge in [0, 0.05) is 0 Å². The molecule has 3 N–H and O–H groups in total. The zero-order chi connectivity index (χ0) is 16.6. The molecule has 0 aromatic carbocycles. The van der Waals surface area contributed by atoms with Crippen LogP contribution in [0.4, 0.5) is 0 Å². The molecule has 4 heteroatoms. The van der Waals surface area contributed by atoms with E-state index in [1.165, 1.54) is 57.8 Å². The molecule has 0 heterocycles. The van der Waals surface area contributed by atoms with E-state index in [2.05, 4.69) is 6.92 Å². The second-order valence-corrected chi connectivity index (χ2v) is 6.47. The number of aliphatic hydroxyl groups is 2. The number of hydrogen-bond donors (Lipinski definition) is 3. The molecule has 0 spiro atoms. The molecule has 2 unspecified atom stereocenters. The Morgan fingerprint density at radius 1 is 0.773 bits per heavy atom. The fraction of sp³-hybridized carbons (Fsp3) is 0.944. The van der Waals surface area contributed by atoms with Crippen LogP contribution in [0.2, 0.25) is 0 Å². The van der Waals surface area contributed by atoms with Crippen molar-refractivity contribution in [2.24, 2.45) is 0 Å². The fourth-order valence-electron chi connectivity index (χ4n) is 2.76. The minimum atomic E-state index is -1.02. The normalized spacial score (nSPS) is 14.0. The molecular formula is C18H36O4. The summed E-state index contributed by atoms with van der Waals surface area (Å²) in [4.78, 5) is 10.4. The number of aliphatic hydroxyl groups excluding tert-OH is 2. The minimum Gasteiger partial charge on any atom is -0.481 e. The zero-order valence-electron chi connectivity index (χ0n) is 14.3. The Kier molecular flexibility index (Phi) is 14.9. The van der Waals surface area contributed by atoms with Gasteiger partial charge in [-0.05, 0) is 12.8 Å². The smallest absolute Gasteiger partial charge is 0.305 e. The molecule has 0 rings (SSSR count). The Hall–Kier alpha value is -0.610. The van der Waals surface area contributed by atoms with Gasteiger partial charge in [0.05, 0.1) is 18.6 Å². The van der Waals surface area contributed by atoms with E-state index in [4.69, 9.17) is 5.11 Å². The summed E-state index contributed by atoms with van der Waals surface area (Å²) in [6.07, 6.45) is 13.0. The van der Waals surface area contributed by atoms with Crippen molar-refractivity contribution < 1.29 is 20.1 Å². The van der Waals surface area contributed by atoms with Crippen molar-refractivity contribution in [3.63, 3.8) is 0 Å². The van der Waals surface area contributed by atoms with Crippen LogP contribution in [-0.4, -0.2) is 33.5 Å². The van der Waals surface area contributed by atoms with Crippen molar-refractivity contribution in [3.05, 3.63) is 0 Å². The molecule has 0 aliphatic rings. The van der Waals surface area contributed by atoms with Gasteiger partial charge in [-0.1, -0.05) is 77.6 Å². The molecule has 0 aromatic rings. The lowest BCUT2D eigenvalue weighted by atomic mass is 10.0. The lowest BCUT2D eigenvalue weighted by molar-refractivity contribution is -0.139. The molecule has 0 bridgehead atoms. The summed E-state index contributed by atoms with van der Waals surface area (Å²) in [6.45, 7) is 2.24. The van der Waals surface area contributed by atoms with E-state index in [0.29, 0.717) is 6.42 Å². The van der Waals surface area contributed by atoms with Crippen LogP contribution in [0.15, 0.2) is 0 Å². The first kappa shape index (κ1) is 21.4. The highest BCUT2D eigenvalue weighted by Crippen LogP contribution is 2.14. The summed E-state index contributed by atoms with van der Waals surface area (Å²) in [5.41, 5.74) is 0. The first-order chi connectivity index (χ1) is 10.6. The molecule has 0 saturated heterocycles. The maximum atomic E-state index is 10.4. The van der Waals surface area contributed by atoms with Crippen molar-refractivity contribution in [2.75, 3.05) is 0 Å². The first-order valence-electron chi connectivity index (χ1n) is 9.14. The fourth-order valence-corrected chi connectivity index (χ4v) is 2.76. The Labute approximate surface area is 135 Å². The number of aliphatic carboxylic acids is 1. The maximum absolute atomic E-state index is 10.4. The molecule has 0 aliphatic heterocycles. The third-order valence-electron chi connectivity index (χ3n) is 4.10. The second kappa shape index (κ2) is 15.3. The number of carbonyl (C=O) groups is 1. The third kappa shape index (κ3) is 15.8. The number of rotatable bonds is 16. The highest BCUT2D eigenvalue weighted by Gasteiger charge is 2.14. The molecular weight excluding hydrogens is 280 g/mol. The van der Waals surface area contributed by atoms with Crippen LogP contribution in [0.25, 0.3) is 0 Å². The molecule has 0 aliphatic carbocycles. The zero-order valence-corrected chi connectivity index (χ0v) is 14.3. The molecule has 4 nitrogen and oxygen atoms in total. The summed E-state index contributed by atoms with van der Waals surface area (Å²) < 4.78 is 0. The quantitative estimate of drug-likeness (QED) is 0.371. The van der Waals surface area contributed by atoms with Gasteiger partial charge in [-0.2, -0.15) is 0 Å². The second-order valence-electron chi connectivity index (χ2n) is 6.47. The van der Waals surface area contributed by atoms with Crippen molar-refractivity contribution in [1.29, 1.82) is 0 Å². The Balaban J connectivity index is 3.26. The van der Waals surface area contributed by atoms with E-state index in [1.807, 2.05) is 0 Å². The Morgan fingerprint density at radius 3 is 1.68 bits per heavy atom. The van der Waals surface area contributed by atoms with Gasteiger partial charge in [0.15, 0.2) is 0 Å². The highest BCUT2D eigenvalue weighted by molar-refractivity contribution is 5.67. The van der Waals surface area contributed by atoms with Crippen molar-refractivity contribution in [2.45, 2.75) is 109 Å². The number of carboxylic acids is 1. The van der Waals surface area contributed by atoms with Gasteiger partial charge in [0.1, 0.15) is 0 Å². The average molecular weight is 316 g/mol. The monoisotopic (exact) mass is 316 g/mol. The third-order valence-corrected chi connectivity index (χ3v) is 4.10. The van der Waals surface area contributed by atoms with Crippen LogP contribution >= 0.6 is 0 Å². The molecule has 2 atom stereocenters. The highest BCUT2D eigenvalue weighted by atomic mass is 16.4. The molecule has 0 aromatic heterocycles. The van der Waals surface area contributed by atoms with Gasteiger partial charge in [0.25, 0.3) is 0 Å². The number of carboxylic acid groups (broad SMARTS) is 1. The summed E-state index contributed by atoms with van der Waals surface area (Å²) in [6, 6.07) is 0. The molecule has 0 amide bonds. The van der Waals surface area contributed by atoms with Crippen molar-refractivity contribution in [1.82, 2.24) is 0 Å². The topological polar surface area (TPSA) is 77.8 Å². The standard InChI is InChI=1S/C18H36O4/c1-2-3-4-5-6-7-8-9-10-11-12-13-16(19)14-17(20)15-18(21)22/h16-17,19-20H,2-15H2,1H3,(H,21,22). The van der Waals surface area contributed by atoms with E-state index < -0.39 is 18.2 Å². The van der Waals surface area contributed by atoms with E-state index >= 15 is 0 Å². The van der Waals surface area contributed by atoms with Gasteiger partial charge < -0.3 is 15.3 Å². The van der Waals surface area contributed by atoms with Crippen LogP contribution < -0.4 is 0 Å². The Bertz CT molecular complexity index is 255. The van der Waals surface area contributed by atoms with E-state index in [0.717, 1.165) is 12.8 Å². The van der Waals surface area contributed by atoms with Gasteiger partial charge in [-0.15, -0.1) is 0 Å². The molecule has 22 heavy (non-hydrogen) atoms. The van der Waals surface area contributed by atoms with Crippen LogP contribution in [0.3, 0.4) is 0 Å². The van der Waals surface area contributed by atoms with Crippen molar-refractivity contribution >= 4 is 5.97 Å². The van der Waals surface area contributed by atoms with Gasteiger partial charge in [0.2, 0.25) is 0 Å². The molecule has 0 radical (unpaired) electrons. The lowest BCUT2D eigenvalue weighted by Crippen LogP contribution is -2.20. The van der Waals surface area contributed by atoms with Crippen LogP contribution in [0.1, 0.15) is 96.8 Å². The summed E-state index contributed by atoms with van der Waals surface area (Å²) in [5, 5.41) is 27.7. The molecule has 0 fully saturated rings. The number of hydrogen-bond acceptors (Lipinski definition) is 3. The molecule has 0 saturated carbocycles. The van der Waals surface area contributed by atoms with Crippen molar-refractivity contribution in [3.8, 4) is 0 Å². The maximum Gasteiger partial charge on any atom is 0.305 e. The predicted octanol–water partition coefficient (Wildman–Crippen LogP) is 4.27. The van der Waals surface area contributed by atoms with E-state index in [1.54, 1.807) is 0 Å². The van der Waals surface area contributed by atoms with Crippen LogP contribution in [-0.2, 0) is 4.79 Å². The lowest BCUT2D eigenvalue weighted by Gasteiger charge is -2.14. The SMILES string of the molecule is CCCCCCCCCCCCCC(O)CC(O)CC(=O)O. The summed E-state index contributed by atoms with van der Waals surface area (Å²) in [5.74, 6) is -1.02. The Morgan fingerprint density at radius 2 is 1.23 bits per heavy atom. The molecule has 132 valence electrons. The predicted molar refractivity (Wildman–Crippen MR) is 90.0 cm³/mol. The largest absolute Gasteiger partial charge is 0.481 e. The van der Waals surface area contributed by atoms with E-state index in [9.17, 15) is 15.0 Å². The van der Waals surface area contributed by atoms with Crippen LogP contribution in [0.5, 0.6) is 0 Å². The van der Waals surface area contributed by atoms with E-state index in [-0.39, 0.29) is 12.8 Å². The summed E-state index contributed by atoms with van der Waals surface area (Å²) >= 11 is 0. The van der Waals surface area contributed by atoms with Gasteiger partial charge >= 0.3 is 5.97 Å².